The molecular formula is C16H16N2O6S. The van der Waals surface area contributed by atoms with Crippen molar-refractivity contribution in [3.05, 3.63) is 52.6 Å². The molecule has 2 aromatic rings. The summed E-state index contributed by atoms with van der Waals surface area (Å²) in [5.41, 5.74) is 0.479. The molecule has 0 radical (unpaired) electrons. The summed E-state index contributed by atoms with van der Waals surface area (Å²) < 4.78 is 29.3. The standard InChI is InChI=1S/C16H16N2O6S/c1-11(19)24-16-7-5-4-6-13(16)12-8-9-14(15(10-12)18(20)21)17(2)25(3,22)23/h4-10H,1-3H3. The molecule has 0 aliphatic heterocycles. The van der Waals surface area contributed by atoms with Crippen LogP contribution < -0.4 is 9.04 Å². The molecule has 0 spiro atoms. The van der Waals surface area contributed by atoms with Gasteiger partial charge in [-0.1, -0.05) is 24.3 Å². The van der Waals surface area contributed by atoms with Crippen LogP contribution in [0.4, 0.5) is 11.4 Å². The van der Waals surface area contributed by atoms with Crippen molar-refractivity contribution in [1.29, 1.82) is 0 Å². The lowest BCUT2D eigenvalue weighted by Gasteiger charge is -2.17. The lowest BCUT2D eigenvalue weighted by Crippen LogP contribution is -2.25. The van der Waals surface area contributed by atoms with Crippen LogP contribution in [-0.4, -0.2) is 32.6 Å². The van der Waals surface area contributed by atoms with Gasteiger partial charge < -0.3 is 4.74 Å². The molecule has 0 saturated heterocycles. The predicted octanol–water partition coefficient (Wildman–Crippen LogP) is 2.58. The lowest BCUT2D eigenvalue weighted by molar-refractivity contribution is -0.384. The maximum Gasteiger partial charge on any atom is 0.308 e. The zero-order chi connectivity index (χ0) is 18.8. The summed E-state index contributed by atoms with van der Waals surface area (Å²) >= 11 is 0. The van der Waals surface area contributed by atoms with Crippen LogP contribution in [0.3, 0.4) is 0 Å². The van der Waals surface area contributed by atoms with E-state index in [2.05, 4.69) is 0 Å². The normalized spacial score (nSPS) is 11.0. The second-order valence-corrected chi connectivity index (χ2v) is 7.29. The first-order valence-corrected chi connectivity index (χ1v) is 8.96. The Morgan fingerprint density at radius 3 is 2.40 bits per heavy atom. The molecule has 8 nitrogen and oxygen atoms in total. The van der Waals surface area contributed by atoms with E-state index in [4.69, 9.17) is 4.74 Å². The Hall–Kier alpha value is -2.94. The Labute approximate surface area is 144 Å². The maximum atomic E-state index is 11.7. The van der Waals surface area contributed by atoms with Gasteiger partial charge >= 0.3 is 5.97 Å². The first-order chi connectivity index (χ1) is 11.6. The Balaban J connectivity index is 2.62. The Kier molecular flexibility index (Phi) is 5.07. The van der Waals surface area contributed by atoms with E-state index in [0.29, 0.717) is 11.1 Å². The predicted molar refractivity (Wildman–Crippen MR) is 93.1 cm³/mol. The van der Waals surface area contributed by atoms with Crippen molar-refractivity contribution in [1.82, 2.24) is 0 Å². The number of anilines is 1. The molecule has 25 heavy (non-hydrogen) atoms. The van der Waals surface area contributed by atoms with E-state index in [-0.39, 0.29) is 17.1 Å². The molecular weight excluding hydrogens is 348 g/mol. The maximum absolute atomic E-state index is 11.7. The molecule has 0 amide bonds. The molecule has 9 heteroatoms. The monoisotopic (exact) mass is 364 g/mol. The zero-order valence-corrected chi connectivity index (χ0v) is 14.6. The van der Waals surface area contributed by atoms with Crippen LogP contribution in [0.25, 0.3) is 11.1 Å². The number of sulfonamides is 1. The third-order valence-electron chi connectivity index (χ3n) is 3.46. The molecule has 0 atom stereocenters. The van der Waals surface area contributed by atoms with Gasteiger partial charge in [0.25, 0.3) is 5.69 Å². The number of hydrogen-bond donors (Lipinski definition) is 0. The molecule has 0 unspecified atom stereocenters. The van der Waals surface area contributed by atoms with Gasteiger partial charge in [0.1, 0.15) is 11.4 Å². The van der Waals surface area contributed by atoms with Crippen LogP contribution in [0.2, 0.25) is 0 Å². The summed E-state index contributed by atoms with van der Waals surface area (Å²) in [6.45, 7) is 1.25. The van der Waals surface area contributed by atoms with Crippen LogP contribution in [0.5, 0.6) is 5.75 Å². The molecule has 0 aliphatic carbocycles. The SMILES string of the molecule is CC(=O)Oc1ccccc1-c1ccc(N(C)S(C)(=O)=O)c([N+](=O)[O-])c1. The quantitative estimate of drug-likeness (QED) is 0.349. The number of esters is 1. The fourth-order valence-electron chi connectivity index (χ4n) is 2.23. The number of hydrogen-bond acceptors (Lipinski definition) is 6. The highest BCUT2D eigenvalue weighted by molar-refractivity contribution is 7.92. The Bertz CT molecular complexity index is 939. The van der Waals surface area contributed by atoms with Gasteiger partial charge in [0, 0.05) is 25.6 Å². The lowest BCUT2D eigenvalue weighted by atomic mass is 10.0. The highest BCUT2D eigenvalue weighted by Gasteiger charge is 2.24. The van der Waals surface area contributed by atoms with E-state index in [1.165, 1.54) is 32.2 Å². The van der Waals surface area contributed by atoms with Gasteiger partial charge in [-0.25, -0.2) is 8.42 Å². The average Bonchev–Trinajstić information content (AvgIpc) is 2.52. The molecule has 0 fully saturated rings. The number of ether oxygens (including phenoxy) is 1. The van der Waals surface area contributed by atoms with Gasteiger partial charge in [0.15, 0.2) is 0 Å². The van der Waals surface area contributed by atoms with Gasteiger partial charge in [0.2, 0.25) is 10.0 Å². The minimum Gasteiger partial charge on any atom is -0.426 e. The minimum atomic E-state index is -3.65. The number of carbonyl (C=O) groups is 1. The summed E-state index contributed by atoms with van der Waals surface area (Å²) in [5, 5.41) is 11.4. The molecule has 0 N–H and O–H groups in total. The molecule has 2 rings (SSSR count). The van der Waals surface area contributed by atoms with E-state index < -0.39 is 20.9 Å². The number of para-hydroxylation sites is 1. The molecule has 0 aromatic heterocycles. The molecule has 132 valence electrons. The van der Waals surface area contributed by atoms with Crippen molar-refractivity contribution in [2.75, 3.05) is 17.6 Å². The van der Waals surface area contributed by atoms with Crippen molar-refractivity contribution in [2.45, 2.75) is 6.92 Å². The Morgan fingerprint density at radius 1 is 1.20 bits per heavy atom. The summed E-state index contributed by atoms with van der Waals surface area (Å²) in [7, 11) is -2.41. The minimum absolute atomic E-state index is 0.0544. The smallest absolute Gasteiger partial charge is 0.308 e. The first-order valence-electron chi connectivity index (χ1n) is 7.11. The highest BCUT2D eigenvalue weighted by atomic mass is 32.2. The molecule has 0 aliphatic rings. The molecule has 0 heterocycles. The fourth-order valence-corrected chi connectivity index (χ4v) is 2.74. The van der Waals surface area contributed by atoms with Crippen LogP contribution >= 0.6 is 0 Å². The third kappa shape index (κ3) is 4.13. The Morgan fingerprint density at radius 2 is 1.84 bits per heavy atom. The van der Waals surface area contributed by atoms with E-state index in [1.54, 1.807) is 24.3 Å². The van der Waals surface area contributed by atoms with Crippen LogP contribution in [0.1, 0.15) is 6.92 Å². The number of rotatable bonds is 5. The summed E-state index contributed by atoms with van der Waals surface area (Å²) in [4.78, 5) is 22.0. The van der Waals surface area contributed by atoms with Crippen LogP contribution in [-0.2, 0) is 14.8 Å². The van der Waals surface area contributed by atoms with E-state index in [9.17, 15) is 23.3 Å². The van der Waals surface area contributed by atoms with E-state index in [0.717, 1.165) is 10.6 Å². The topological polar surface area (TPSA) is 107 Å². The molecule has 2 aromatic carbocycles. The van der Waals surface area contributed by atoms with Crippen LogP contribution in [0, 0.1) is 10.1 Å². The third-order valence-corrected chi connectivity index (χ3v) is 4.65. The first kappa shape index (κ1) is 18.4. The van der Waals surface area contributed by atoms with Gasteiger partial charge in [-0.15, -0.1) is 0 Å². The number of benzene rings is 2. The van der Waals surface area contributed by atoms with Crippen LogP contribution in [0.15, 0.2) is 42.5 Å². The summed E-state index contributed by atoms with van der Waals surface area (Å²) in [6.07, 6.45) is 0.959. The van der Waals surface area contributed by atoms with Gasteiger partial charge in [0.05, 0.1) is 11.2 Å². The fraction of sp³-hybridized carbons (Fsp3) is 0.188. The number of carbonyl (C=O) groups excluding carboxylic acids is 1. The van der Waals surface area contributed by atoms with Gasteiger partial charge in [-0.2, -0.15) is 0 Å². The highest BCUT2D eigenvalue weighted by Crippen LogP contribution is 2.37. The van der Waals surface area contributed by atoms with Gasteiger partial charge in [-0.3, -0.25) is 19.2 Å². The molecule has 0 bridgehead atoms. The average molecular weight is 364 g/mol. The zero-order valence-electron chi connectivity index (χ0n) is 13.8. The number of nitro groups is 1. The van der Waals surface area contributed by atoms with Gasteiger partial charge in [-0.05, 0) is 17.7 Å². The van der Waals surface area contributed by atoms with Crippen molar-refractivity contribution in [3.8, 4) is 16.9 Å². The van der Waals surface area contributed by atoms with E-state index >= 15 is 0 Å². The van der Waals surface area contributed by atoms with Crippen molar-refractivity contribution in [3.63, 3.8) is 0 Å². The molecule has 0 saturated carbocycles. The van der Waals surface area contributed by atoms with E-state index in [1.807, 2.05) is 0 Å². The van der Waals surface area contributed by atoms with Crippen molar-refractivity contribution >= 4 is 27.4 Å². The number of nitro benzene ring substituents is 1. The largest absolute Gasteiger partial charge is 0.426 e. The number of nitrogens with zero attached hydrogens (tertiary/aromatic N) is 2. The van der Waals surface area contributed by atoms with Crippen molar-refractivity contribution in [2.24, 2.45) is 0 Å². The second kappa shape index (κ2) is 6.89. The van der Waals surface area contributed by atoms with Crippen molar-refractivity contribution < 1.29 is 22.9 Å². The second-order valence-electron chi connectivity index (χ2n) is 5.28. The summed E-state index contributed by atoms with van der Waals surface area (Å²) in [5.74, 6) is -0.260. The summed E-state index contributed by atoms with van der Waals surface area (Å²) in [6, 6.07) is 10.7.